The van der Waals surface area contributed by atoms with Gasteiger partial charge in [-0.3, -0.25) is 0 Å². The number of nitrogens with zero attached hydrogens (tertiary/aromatic N) is 1. The first-order chi connectivity index (χ1) is 26.5. The van der Waals surface area contributed by atoms with Crippen molar-refractivity contribution in [2.45, 2.75) is 19.3 Å². The van der Waals surface area contributed by atoms with Gasteiger partial charge in [-0.25, -0.2) is 0 Å². The summed E-state index contributed by atoms with van der Waals surface area (Å²) in [7, 11) is 0. The Hall–Kier alpha value is -6.70. The molecule has 0 amide bonds. The largest absolute Gasteiger partial charge is 0.310 e. The summed E-state index contributed by atoms with van der Waals surface area (Å²) in [5.41, 5.74) is 16.0. The zero-order valence-electron chi connectivity index (χ0n) is 30.5. The lowest BCUT2D eigenvalue weighted by molar-refractivity contribution is 0.660. The zero-order chi connectivity index (χ0) is 36.2. The maximum Gasteiger partial charge on any atom is 0.0465 e. The summed E-state index contributed by atoms with van der Waals surface area (Å²) in [6.07, 6.45) is 0. The van der Waals surface area contributed by atoms with Gasteiger partial charge in [0.05, 0.1) is 0 Å². The van der Waals surface area contributed by atoms with Crippen molar-refractivity contribution in [2.75, 3.05) is 4.90 Å². The summed E-state index contributed by atoms with van der Waals surface area (Å²) in [4.78, 5) is 2.40. The van der Waals surface area contributed by atoms with Gasteiger partial charge in [-0.2, -0.15) is 0 Å². The van der Waals surface area contributed by atoms with Gasteiger partial charge >= 0.3 is 0 Å². The molecule has 0 N–H and O–H groups in total. The highest BCUT2D eigenvalue weighted by molar-refractivity contribution is 6.14. The molecule has 9 aromatic carbocycles. The van der Waals surface area contributed by atoms with E-state index in [0.29, 0.717) is 0 Å². The maximum atomic E-state index is 2.45. The van der Waals surface area contributed by atoms with E-state index in [0.717, 1.165) is 17.1 Å². The monoisotopic (exact) mass is 689 g/mol. The Morgan fingerprint density at radius 3 is 1.37 bits per heavy atom. The SMILES string of the molecule is CC1(C)c2cc(-c3cc4ccccc4c4ccccc34)ccc2-c2ccc(N(c3ccc(-c4ccccc4)cc3)c3ccc(-c4ccccc4)cc3)cc21. The van der Waals surface area contributed by atoms with E-state index in [-0.39, 0.29) is 5.41 Å². The molecule has 1 aliphatic carbocycles. The van der Waals surface area contributed by atoms with Gasteiger partial charge in [-0.1, -0.05) is 166 Å². The molecule has 0 saturated carbocycles. The van der Waals surface area contributed by atoms with Gasteiger partial charge < -0.3 is 4.90 Å². The van der Waals surface area contributed by atoms with Gasteiger partial charge in [-0.05, 0) is 126 Å². The maximum absolute atomic E-state index is 2.45. The summed E-state index contributed by atoms with van der Waals surface area (Å²) in [6.45, 7) is 4.77. The molecule has 10 rings (SSSR count). The van der Waals surface area contributed by atoms with Gasteiger partial charge in [0.1, 0.15) is 0 Å². The third-order valence-electron chi connectivity index (χ3n) is 11.5. The fourth-order valence-electron chi connectivity index (χ4n) is 8.64. The van der Waals surface area contributed by atoms with Crippen LogP contribution in [0, 0.1) is 0 Å². The van der Waals surface area contributed by atoms with Crippen LogP contribution in [0.4, 0.5) is 17.1 Å². The molecule has 0 bridgehead atoms. The smallest absolute Gasteiger partial charge is 0.0465 e. The standard InChI is InChI=1S/C53H39N/c1-53(2)51-34-41(50-33-40-17-9-10-18-45(40)46-19-11-12-20-47(46)50)25-31-48(51)49-32-30-44(35-52(49)53)54(42-26-21-38(22-27-42)36-13-5-3-6-14-36)43-28-23-39(24-29-43)37-15-7-4-8-16-37/h3-35H,1-2H3. The van der Waals surface area contributed by atoms with Crippen molar-refractivity contribution in [1.29, 1.82) is 0 Å². The van der Waals surface area contributed by atoms with Crippen molar-refractivity contribution in [1.82, 2.24) is 0 Å². The molecule has 0 aliphatic heterocycles. The minimum atomic E-state index is -0.191. The molecule has 1 nitrogen and oxygen atoms in total. The predicted molar refractivity (Wildman–Crippen MR) is 230 cm³/mol. The quantitative estimate of drug-likeness (QED) is 0.157. The number of hydrogen-bond acceptors (Lipinski definition) is 1. The minimum Gasteiger partial charge on any atom is -0.310 e. The Kier molecular flexibility index (Phi) is 7.56. The fraction of sp³-hybridized carbons (Fsp3) is 0.0566. The highest BCUT2D eigenvalue weighted by Crippen LogP contribution is 2.52. The molecule has 54 heavy (non-hydrogen) atoms. The van der Waals surface area contributed by atoms with Crippen LogP contribution in [0.25, 0.3) is 66.1 Å². The third-order valence-corrected chi connectivity index (χ3v) is 11.5. The van der Waals surface area contributed by atoms with Gasteiger partial charge in [0.2, 0.25) is 0 Å². The molecule has 0 fully saturated rings. The Labute approximate surface area is 317 Å². The highest BCUT2D eigenvalue weighted by atomic mass is 15.1. The molecular formula is C53H39N. The van der Waals surface area contributed by atoms with E-state index in [4.69, 9.17) is 0 Å². The van der Waals surface area contributed by atoms with Crippen LogP contribution in [0.3, 0.4) is 0 Å². The van der Waals surface area contributed by atoms with Crippen LogP contribution in [-0.4, -0.2) is 0 Å². The Morgan fingerprint density at radius 2 is 0.759 bits per heavy atom. The van der Waals surface area contributed by atoms with Crippen molar-refractivity contribution in [3.63, 3.8) is 0 Å². The molecule has 0 atom stereocenters. The second kappa shape index (κ2) is 12.8. The Bertz CT molecular complexity index is 2730. The number of benzene rings is 9. The average molecular weight is 690 g/mol. The summed E-state index contributed by atoms with van der Waals surface area (Å²) < 4.78 is 0. The first-order valence-corrected chi connectivity index (χ1v) is 18.8. The second-order valence-corrected chi connectivity index (χ2v) is 15.0. The fourth-order valence-corrected chi connectivity index (χ4v) is 8.64. The average Bonchev–Trinajstić information content (AvgIpc) is 3.46. The van der Waals surface area contributed by atoms with E-state index < -0.39 is 0 Å². The van der Waals surface area contributed by atoms with E-state index >= 15 is 0 Å². The minimum absolute atomic E-state index is 0.191. The molecule has 0 saturated heterocycles. The van der Waals surface area contributed by atoms with Crippen molar-refractivity contribution in [3.05, 3.63) is 211 Å². The van der Waals surface area contributed by atoms with Crippen LogP contribution >= 0.6 is 0 Å². The predicted octanol–water partition coefficient (Wildman–Crippen LogP) is 14.8. The molecule has 0 radical (unpaired) electrons. The van der Waals surface area contributed by atoms with Crippen LogP contribution in [0.1, 0.15) is 25.0 Å². The normalized spacial score (nSPS) is 12.8. The molecule has 256 valence electrons. The van der Waals surface area contributed by atoms with Crippen LogP contribution in [-0.2, 0) is 5.41 Å². The number of hydrogen-bond donors (Lipinski definition) is 0. The van der Waals surface area contributed by atoms with Gasteiger partial charge in [0.15, 0.2) is 0 Å². The first-order valence-electron chi connectivity index (χ1n) is 18.8. The molecule has 0 heterocycles. The van der Waals surface area contributed by atoms with E-state index in [2.05, 4.69) is 219 Å². The van der Waals surface area contributed by atoms with Gasteiger partial charge in [0.25, 0.3) is 0 Å². The summed E-state index contributed by atoms with van der Waals surface area (Å²) in [6, 6.07) is 73.3. The lowest BCUT2D eigenvalue weighted by Crippen LogP contribution is -2.16. The van der Waals surface area contributed by atoms with E-state index in [1.165, 1.54) is 77.2 Å². The van der Waals surface area contributed by atoms with Gasteiger partial charge in [0, 0.05) is 22.5 Å². The van der Waals surface area contributed by atoms with Crippen LogP contribution in [0.15, 0.2) is 200 Å². The first kappa shape index (κ1) is 32.0. The van der Waals surface area contributed by atoms with Crippen molar-refractivity contribution in [3.8, 4) is 44.5 Å². The molecule has 1 heteroatoms. The van der Waals surface area contributed by atoms with Gasteiger partial charge in [-0.15, -0.1) is 0 Å². The molecule has 1 aliphatic rings. The van der Waals surface area contributed by atoms with Crippen molar-refractivity contribution >= 4 is 38.6 Å². The molecular weight excluding hydrogens is 651 g/mol. The van der Waals surface area contributed by atoms with Crippen molar-refractivity contribution in [2.24, 2.45) is 0 Å². The van der Waals surface area contributed by atoms with Crippen LogP contribution < -0.4 is 4.90 Å². The van der Waals surface area contributed by atoms with Crippen LogP contribution in [0.5, 0.6) is 0 Å². The Balaban J connectivity index is 1.07. The van der Waals surface area contributed by atoms with E-state index in [9.17, 15) is 0 Å². The lowest BCUT2D eigenvalue weighted by atomic mass is 9.81. The zero-order valence-corrected chi connectivity index (χ0v) is 30.5. The second-order valence-electron chi connectivity index (χ2n) is 15.0. The number of anilines is 3. The molecule has 0 unspecified atom stereocenters. The highest BCUT2D eigenvalue weighted by Gasteiger charge is 2.36. The van der Waals surface area contributed by atoms with Crippen LogP contribution in [0.2, 0.25) is 0 Å². The lowest BCUT2D eigenvalue weighted by Gasteiger charge is -2.28. The third kappa shape index (κ3) is 5.32. The molecule has 9 aromatic rings. The van der Waals surface area contributed by atoms with Crippen molar-refractivity contribution < 1.29 is 0 Å². The summed E-state index contributed by atoms with van der Waals surface area (Å²) in [5, 5.41) is 5.16. The van der Waals surface area contributed by atoms with E-state index in [1.54, 1.807) is 0 Å². The summed E-state index contributed by atoms with van der Waals surface area (Å²) in [5.74, 6) is 0. The molecule has 0 aromatic heterocycles. The Morgan fingerprint density at radius 1 is 0.315 bits per heavy atom. The number of fused-ring (bicyclic) bond motifs is 6. The number of rotatable bonds is 6. The van der Waals surface area contributed by atoms with E-state index in [1.807, 2.05) is 0 Å². The molecule has 0 spiro atoms. The summed E-state index contributed by atoms with van der Waals surface area (Å²) >= 11 is 0. The topological polar surface area (TPSA) is 3.24 Å².